The Kier molecular flexibility index (Phi) is 6.72. The molecule has 7 nitrogen and oxygen atoms in total. The van der Waals surface area contributed by atoms with E-state index in [1.165, 1.54) is 28.0 Å². The highest BCUT2D eigenvalue weighted by Gasteiger charge is 2.30. The van der Waals surface area contributed by atoms with Crippen molar-refractivity contribution in [2.75, 3.05) is 25.9 Å². The average molecular weight is 444 g/mol. The summed E-state index contributed by atoms with van der Waals surface area (Å²) in [6.07, 6.45) is 2.06. The quantitative estimate of drug-likeness (QED) is 0.459. The van der Waals surface area contributed by atoms with Gasteiger partial charge in [-0.05, 0) is 36.1 Å². The van der Waals surface area contributed by atoms with E-state index in [-0.39, 0.29) is 15.8 Å². The minimum absolute atomic E-state index is 0.130. The Bertz CT molecular complexity index is 931. The molecule has 1 fully saturated rings. The smallest absolute Gasteiger partial charge is 0.294 e. The number of sulfonamides is 1. The third-order valence-corrected chi connectivity index (χ3v) is 7.30. The van der Waals surface area contributed by atoms with Crippen molar-refractivity contribution in [3.63, 3.8) is 0 Å². The minimum Gasteiger partial charge on any atom is -0.294 e. The molecule has 10 heteroatoms. The van der Waals surface area contributed by atoms with Crippen LogP contribution in [0, 0.1) is 16.0 Å². The van der Waals surface area contributed by atoms with Crippen LogP contribution >= 0.6 is 22.9 Å². The molecule has 152 valence electrons. The van der Waals surface area contributed by atoms with Crippen LogP contribution in [0.1, 0.15) is 16.9 Å². The summed E-state index contributed by atoms with van der Waals surface area (Å²) in [6, 6.07) is 10.9. The fourth-order valence-electron chi connectivity index (χ4n) is 3.42. The van der Waals surface area contributed by atoms with Gasteiger partial charge in [-0.1, -0.05) is 35.1 Å². The maximum absolute atomic E-state index is 11.8. The molecule has 1 aromatic heterocycles. The van der Waals surface area contributed by atoms with E-state index in [0.29, 0.717) is 31.2 Å². The number of nitrogens with zero attached hydrogens (tertiary/aromatic N) is 3. The second-order valence-corrected chi connectivity index (χ2v) is 10.6. The van der Waals surface area contributed by atoms with Crippen LogP contribution in [0.3, 0.4) is 0 Å². The molecular weight excluding hydrogens is 422 g/mol. The van der Waals surface area contributed by atoms with Crippen molar-refractivity contribution in [3.05, 3.63) is 62.0 Å². The maximum atomic E-state index is 11.8. The molecule has 1 aliphatic rings. The van der Waals surface area contributed by atoms with Crippen molar-refractivity contribution >= 4 is 38.0 Å². The summed E-state index contributed by atoms with van der Waals surface area (Å²) >= 11 is 7.15. The van der Waals surface area contributed by atoms with E-state index in [9.17, 15) is 18.5 Å². The lowest BCUT2D eigenvalue weighted by atomic mass is 10.1. The van der Waals surface area contributed by atoms with E-state index in [4.69, 9.17) is 11.6 Å². The largest absolute Gasteiger partial charge is 0.324 e. The normalized spacial score (nSPS) is 18.0. The molecule has 1 unspecified atom stereocenters. The lowest BCUT2D eigenvalue weighted by Crippen LogP contribution is -2.32. The third kappa shape index (κ3) is 5.74. The monoisotopic (exact) mass is 443 g/mol. The van der Waals surface area contributed by atoms with Crippen molar-refractivity contribution in [1.82, 2.24) is 9.21 Å². The van der Waals surface area contributed by atoms with E-state index in [0.717, 1.165) is 23.4 Å². The van der Waals surface area contributed by atoms with Crippen molar-refractivity contribution in [1.29, 1.82) is 0 Å². The fraction of sp³-hybridized carbons (Fsp3) is 0.444. The molecule has 1 saturated heterocycles. The average Bonchev–Trinajstić information content (AvgIpc) is 3.26. The zero-order chi connectivity index (χ0) is 20.3. The number of thiophene rings is 1. The number of rotatable bonds is 8. The van der Waals surface area contributed by atoms with E-state index in [1.54, 1.807) is 6.07 Å². The van der Waals surface area contributed by atoms with Gasteiger partial charge in [-0.3, -0.25) is 15.0 Å². The van der Waals surface area contributed by atoms with Crippen LogP contribution < -0.4 is 0 Å². The molecule has 3 rings (SSSR count). The molecule has 0 amide bonds. The van der Waals surface area contributed by atoms with Gasteiger partial charge < -0.3 is 0 Å². The summed E-state index contributed by atoms with van der Waals surface area (Å²) in [5, 5.41) is 11.8. The van der Waals surface area contributed by atoms with E-state index in [1.807, 2.05) is 24.3 Å². The van der Waals surface area contributed by atoms with Crippen LogP contribution in [-0.2, 0) is 23.1 Å². The summed E-state index contributed by atoms with van der Waals surface area (Å²) in [7, 11) is -3.17. The Hall–Kier alpha value is -1.52. The van der Waals surface area contributed by atoms with Gasteiger partial charge in [-0.2, -0.15) is 0 Å². The Morgan fingerprint density at radius 1 is 1.25 bits per heavy atom. The zero-order valence-electron chi connectivity index (χ0n) is 15.5. The molecule has 2 aromatic rings. The van der Waals surface area contributed by atoms with Gasteiger partial charge in [-0.15, -0.1) is 0 Å². The SMILES string of the molecule is CS(=O)(=O)N1CCC(CN(Cc2ccc(Cl)cc2)Cc2ccc([N+](=O)[O-])s2)C1. The Balaban J connectivity index is 1.72. The van der Waals surface area contributed by atoms with Crippen LogP contribution in [-0.4, -0.2) is 48.4 Å². The lowest BCUT2D eigenvalue weighted by Gasteiger charge is -2.25. The van der Waals surface area contributed by atoms with E-state index < -0.39 is 10.0 Å². The first kappa shape index (κ1) is 21.2. The van der Waals surface area contributed by atoms with Crippen molar-refractivity contribution in [3.8, 4) is 0 Å². The summed E-state index contributed by atoms with van der Waals surface area (Å²) in [5.41, 5.74) is 1.09. The fourth-order valence-corrected chi connectivity index (χ4v) is 5.32. The molecule has 1 atom stereocenters. The van der Waals surface area contributed by atoms with Gasteiger partial charge in [0.05, 0.1) is 11.2 Å². The van der Waals surface area contributed by atoms with E-state index in [2.05, 4.69) is 4.90 Å². The van der Waals surface area contributed by atoms with Crippen LogP contribution in [0.4, 0.5) is 5.00 Å². The van der Waals surface area contributed by atoms with Crippen molar-refractivity contribution in [2.24, 2.45) is 5.92 Å². The highest BCUT2D eigenvalue weighted by atomic mass is 35.5. The minimum atomic E-state index is -3.17. The number of hydrogen-bond acceptors (Lipinski definition) is 6. The molecule has 1 aromatic carbocycles. The second-order valence-electron chi connectivity index (χ2n) is 7.07. The zero-order valence-corrected chi connectivity index (χ0v) is 17.8. The number of nitro groups is 1. The lowest BCUT2D eigenvalue weighted by molar-refractivity contribution is -0.380. The Morgan fingerprint density at radius 3 is 2.54 bits per heavy atom. The van der Waals surface area contributed by atoms with Gasteiger partial charge in [0, 0.05) is 48.7 Å². The summed E-state index contributed by atoms with van der Waals surface area (Å²) in [4.78, 5) is 13.7. The molecule has 1 aliphatic heterocycles. The maximum Gasteiger partial charge on any atom is 0.324 e. The van der Waals surface area contributed by atoms with Crippen LogP contribution in [0.5, 0.6) is 0 Å². The number of halogens is 1. The molecule has 0 bridgehead atoms. The molecule has 0 spiro atoms. The predicted octanol–water partition coefficient (Wildman–Crippen LogP) is 3.59. The van der Waals surface area contributed by atoms with Gasteiger partial charge >= 0.3 is 5.00 Å². The number of hydrogen-bond donors (Lipinski definition) is 0. The predicted molar refractivity (Wildman–Crippen MR) is 111 cm³/mol. The van der Waals surface area contributed by atoms with E-state index >= 15 is 0 Å². The van der Waals surface area contributed by atoms with Gasteiger partial charge in [0.25, 0.3) is 0 Å². The van der Waals surface area contributed by atoms with Crippen molar-refractivity contribution < 1.29 is 13.3 Å². The van der Waals surface area contributed by atoms with Crippen LogP contribution in [0.2, 0.25) is 5.02 Å². The first-order chi connectivity index (χ1) is 13.2. The molecule has 28 heavy (non-hydrogen) atoms. The summed E-state index contributed by atoms with van der Waals surface area (Å²) in [5.74, 6) is 0.233. The molecular formula is C18H22ClN3O4S2. The third-order valence-electron chi connectivity index (χ3n) is 4.76. The molecule has 2 heterocycles. The van der Waals surface area contributed by atoms with Gasteiger partial charge in [-0.25, -0.2) is 12.7 Å². The van der Waals surface area contributed by atoms with Gasteiger partial charge in [0.1, 0.15) is 0 Å². The van der Waals surface area contributed by atoms with Gasteiger partial charge in [0.2, 0.25) is 10.0 Å². The Morgan fingerprint density at radius 2 is 1.96 bits per heavy atom. The number of benzene rings is 1. The molecule has 0 saturated carbocycles. The van der Waals surface area contributed by atoms with Crippen LogP contribution in [0.25, 0.3) is 0 Å². The first-order valence-electron chi connectivity index (χ1n) is 8.86. The van der Waals surface area contributed by atoms with Gasteiger partial charge in [0.15, 0.2) is 0 Å². The first-order valence-corrected chi connectivity index (χ1v) is 11.9. The highest BCUT2D eigenvalue weighted by molar-refractivity contribution is 7.88. The summed E-state index contributed by atoms with van der Waals surface area (Å²) in [6.45, 7) is 3.03. The van der Waals surface area contributed by atoms with Crippen molar-refractivity contribution in [2.45, 2.75) is 19.5 Å². The molecule has 0 radical (unpaired) electrons. The summed E-state index contributed by atoms with van der Waals surface area (Å²) < 4.78 is 25.1. The highest BCUT2D eigenvalue weighted by Crippen LogP contribution is 2.27. The molecule has 0 N–H and O–H groups in total. The Labute approximate surface area is 173 Å². The topological polar surface area (TPSA) is 83.8 Å². The molecule has 0 aliphatic carbocycles. The second kappa shape index (κ2) is 8.87. The standard InChI is InChI=1S/C18H22ClN3O4S2/c1-28(25,26)21-9-8-15(12-21)11-20(10-14-2-4-16(19)5-3-14)13-17-6-7-18(27-17)22(23)24/h2-7,15H,8-13H2,1H3. The van der Waals surface area contributed by atoms with Crippen LogP contribution in [0.15, 0.2) is 36.4 Å².